The van der Waals surface area contributed by atoms with Gasteiger partial charge in [-0.2, -0.15) is 5.26 Å². The molecule has 0 atom stereocenters. The van der Waals surface area contributed by atoms with Gasteiger partial charge in [0.2, 0.25) is 0 Å². The Morgan fingerprint density at radius 1 is 1.30 bits per heavy atom. The molecule has 0 fully saturated rings. The second-order valence-electron chi connectivity index (χ2n) is 4.14. The lowest BCUT2D eigenvalue weighted by atomic mass is 10.1. The van der Waals surface area contributed by atoms with Crippen molar-refractivity contribution in [3.05, 3.63) is 66.0 Å². The predicted octanol–water partition coefficient (Wildman–Crippen LogP) is 3.79. The normalized spacial score (nSPS) is 9.65. The van der Waals surface area contributed by atoms with Crippen LogP contribution in [0.4, 0.5) is 10.1 Å². The zero-order valence-electron chi connectivity index (χ0n) is 11.0. The van der Waals surface area contributed by atoms with Gasteiger partial charge in [0.25, 0.3) is 0 Å². The lowest BCUT2D eigenvalue weighted by molar-refractivity contribution is 0.415. The van der Waals surface area contributed by atoms with Crippen LogP contribution < -0.4 is 10.1 Å². The van der Waals surface area contributed by atoms with Crippen LogP contribution in [0.5, 0.6) is 5.75 Å². The van der Waals surface area contributed by atoms with Crippen LogP contribution in [0.1, 0.15) is 11.1 Å². The number of hydrogen-bond acceptors (Lipinski definition) is 3. The molecule has 2 aromatic carbocycles. The van der Waals surface area contributed by atoms with Crippen LogP contribution in [-0.2, 0) is 0 Å². The molecule has 0 saturated carbocycles. The van der Waals surface area contributed by atoms with E-state index in [1.165, 1.54) is 12.1 Å². The monoisotopic (exact) mass is 268 g/mol. The first kappa shape index (κ1) is 13.6. The second-order valence-corrected chi connectivity index (χ2v) is 4.14. The number of hydrogen-bond donors (Lipinski definition) is 1. The van der Waals surface area contributed by atoms with Crippen LogP contribution in [0, 0.1) is 17.1 Å². The van der Waals surface area contributed by atoms with Crippen molar-refractivity contribution in [1.82, 2.24) is 0 Å². The number of nitriles is 1. The molecular weight excluding hydrogens is 255 g/mol. The number of methoxy groups -OCH3 is 1. The molecule has 0 spiro atoms. The Morgan fingerprint density at radius 3 is 2.80 bits per heavy atom. The molecule has 0 aromatic heterocycles. The van der Waals surface area contributed by atoms with Gasteiger partial charge >= 0.3 is 0 Å². The number of halogens is 1. The van der Waals surface area contributed by atoms with E-state index in [1.54, 1.807) is 13.2 Å². The standard InChI is InChI=1S/C16H13FN2O/c1-11(12-6-7-16(17)13(8-12)10-18)19-14-4-3-5-15(9-14)20-2/h3-9,19H,1H2,2H3. The van der Waals surface area contributed by atoms with E-state index in [9.17, 15) is 4.39 Å². The van der Waals surface area contributed by atoms with E-state index in [0.717, 1.165) is 11.4 Å². The largest absolute Gasteiger partial charge is 0.497 e. The molecule has 0 heterocycles. The van der Waals surface area contributed by atoms with E-state index in [4.69, 9.17) is 10.00 Å². The summed E-state index contributed by atoms with van der Waals surface area (Å²) < 4.78 is 18.4. The summed E-state index contributed by atoms with van der Waals surface area (Å²) in [5.41, 5.74) is 2.04. The zero-order chi connectivity index (χ0) is 14.5. The molecular formula is C16H13FN2O. The van der Waals surface area contributed by atoms with Gasteiger partial charge in [0.1, 0.15) is 17.6 Å². The number of nitrogens with one attached hydrogen (secondary N) is 1. The van der Waals surface area contributed by atoms with Gasteiger partial charge in [-0.15, -0.1) is 0 Å². The lowest BCUT2D eigenvalue weighted by Gasteiger charge is -2.11. The van der Waals surface area contributed by atoms with Gasteiger partial charge in [0.05, 0.1) is 12.7 Å². The van der Waals surface area contributed by atoms with Crippen molar-refractivity contribution in [2.24, 2.45) is 0 Å². The third-order valence-electron chi connectivity index (χ3n) is 2.80. The van der Waals surface area contributed by atoms with Gasteiger partial charge in [-0.1, -0.05) is 12.6 Å². The summed E-state index contributed by atoms with van der Waals surface area (Å²) in [6.45, 7) is 3.90. The summed E-state index contributed by atoms with van der Waals surface area (Å²) in [4.78, 5) is 0. The Kier molecular flexibility index (Phi) is 4.02. The molecule has 2 rings (SSSR count). The van der Waals surface area contributed by atoms with Gasteiger partial charge in [0, 0.05) is 17.5 Å². The summed E-state index contributed by atoms with van der Waals surface area (Å²) >= 11 is 0. The molecule has 0 radical (unpaired) electrons. The maximum atomic E-state index is 13.3. The highest BCUT2D eigenvalue weighted by molar-refractivity contribution is 5.76. The van der Waals surface area contributed by atoms with Crippen molar-refractivity contribution >= 4 is 11.4 Å². The molecule has 4 heteroatoms. The Balaban J connectivity index is 2.22. The van der Waals surface area contributed by atoms with Crippen molar-refractivity contribution in [1.29, 1.82) is 5.26 Å². The fourth-order valence-corrected chi connectivity index (χ4v) is 1.75. The quantitative estimate of drug-likeness (QED) is 0.917. The van der Waals surface area contributed by atoms with Crippen LogP contribution in [0.25, 0.3) is 5.70 Å². The van der Waals surface area contributed by atoms with Crippen LogP contribution >= 0.6 is 0 Å². The van der Waals surface area contributed by atoms with Gasteiger partial charge < -0.3 is 10.1 Å². The Hall–Kier alpha value is -2.80. The van der Waals surface area contributed by atoms with Crippen LogP contribution in [0.3, 0.4) is 0 Å². The highest BCUT2D eigenvalue weighted by Gasteiger charge is 2.06. The minimum Gasteiger partial charge on any atom is -0.497 e. The molecule has 0 aliphatic rings. The van der Waals surface area contributed by atoms with Crippen molar-refractivity contribution < 1.29 is 9.13 Å². The summed E-state index contributed by atoms with van der Waals surface area (Å²) in [6.07, 6.45) is 0. The fraction of sp³-hybridized carbons (Fsp3) is 0.0625. The first-order valence-corrected chi connectivity index (χ1v) is 5.94. The zero-order valence-corrected chi connectivity index (χ0v) is 11.0. The third-order valence-corrected chi connectivity index (χ3v) is 2.80. The van der Waals surface area contributed by atoms with Gasteiger partial charge in [-0.3, -0.25) is 0 Å². The number of rotatable bonds is 4. The van der Waals surface area contributed by atoms with Gasteiger partial charge in [0.15, 0.2) is 0 Å². The molecule has 0 bridgehead atoms. The van der Waals surface area contributed by atoms with Gasteiger partial charge in [-0.25, -0.2) is 4.39 Å². The molecule has 0 amide bonds. The maximum Gasteiger partial charge on any atom is 0.140 e. The van der Waals surface area contributed by atoms with E-state index in [0.29, 0.717) is 11.3 Å². The first-order valence-electron chi connectivity index (χ1n) is 5.94. The highest BCUT2D eigenvalue weighted by atomic mass is 19.1. The lowest BCUT2D eigenvalue weighted by Crippen LogP contribution is -1.99. The maximum absolute atomic E-state index is 13.3. The van der Waals surface area contributed by atoms with Gasteiger partial charge in [-0.05, 0) is 35.9 Å². The van der Waals surface area contributed by atoms with Crippen molar-refractivity contribution in [2.75, 3.05) is 12.4 Å². The summed E-state index contributed by atoms with van der Waals surface area (Å²) in [5.74, 6) is 0.185. The molecule has 3 nitrogen and oxygen atoms in total. The molecule has 0 unspecified atom stereocenters. The SMILES string of the molecule is C=C(Nc1cccc(OC)c1)c1ccc(F)c(C#N)c1. The first-order chi connectivity index (χ1) is 9.63. The molecule has 0 saturated heterocycles. The average molecular weight is 268 g/mol. The third kappa shape index (κ3) is 2.96. The number of anilines is 1. The predicted molar refractivity (Wildman–Crippen MR) is 76.8 cm³/mol. The average Bonchev–Trinajstić information content (AvgIpc) is 2.47. The Labute approximate surface area is 116 Å². The van der Waals surface area contributed by atoms with Crippen LogP contribution in [0.2, 0.25) is 0 Å². The highest BCUT2D eigenvalue weighted by Crippen LogP contribution is 2.22. The molecule has 1 N–H and O–H groups in total. The minimum absolute atomic E-state index is 0.00362. The summed E-state index contributed by atoms with van der Waals surface area (Å²) in [6, 6.07) is 13.5. The summed E-state index contributed by atoms with van der Waals surface area (Å²) in [5, 5.41) is 11.9. The van der Waals surface area contributed by atoms with Crippen LogP contribution in [-0.4, -0.2) is 7.11 Å². The second kappa shape index (κ2) is 5.89. The van der Waals surface area contributed by atoms with Crippen molar-refractivity contribution in [2.45, 2.75) is 0 Å². The van der Waals surface area contributed by atoms with Crippen molar-refractivity contribution in [3.63, 3.8) is 0 Å². The number of nitrogens with zero attached hydrogens (tertiary/aromatic N) is 1. The number of benzene rings is 2. The van der Waals surface area contributed by atoms with E-state index in [1.807, 2.05) is 30.3 Å². The molecule has 100 valence electrons. The van der Waals surface area contributed by atoms with E-state index < -0.39 is 5.82 Å². The molecule has 20 heavy (non-hydrogen) atoms. The molecule has 0 aliphatic heterocycles. The number of ether oxygens (including phenoxy) is 1. The smallest absolute Gasteiger partial charge is 0.140 e. The van der Waals surface area contributed by atoms with E-state index in [-0.39, 0.29) is 5.56 Å². The fourth-order valence-electron chi connectivity index (χ4n) is 1.75. The van der Waals surface area contributed by atoms with Crippen molar-refractivity contribution in [3.8, 4) is 11.8 Å². The van der Waals surface area contributed by atoms with Crippen LogP contribution in [0.15, 0.2) is 49.0 Å². The van der Waals surface area contributed by atoms with E-state index in [2.05, 4.69) is 11.9 Å². The molecule has 2 aromatic rings. The topological polar surface area (TPSA) is 45.0 Å². The minimum atomic E-state index is -0.537. The summed E-state index contributed by atoms with van der Waals surface area (Å²) in [7, 11) is 1.59. The Bertz CT molecular complexity index is 689. The Morgan fingerprint density at radius 2 is 2.10 bits per heavy atom. The van der Waals surface area contributed by atoms with E-state index >= 15 is 0 Å². The molecule has 0 aliphatic carbocycles.